The van der Waals surface area contributed by atoms with Crippen LogP contribution in [0.25, 0.3) is 0 Å². The minimum absolute atomic E-state index is 0.0453. The summed E-state index contributed by atoms with van der Waals surface area (Å²) in [6.45, 7) is 3.64. The van der Waals surface area contributed by atoms with E-state index in [1.165, 1.54) is 32.1 Å². The molecule has 0 radical (unpaired) electrons. The van der Waals surface area contributed by atoms with Crippen LogP contribution in [0.15, 0.2) is 0 Å². The lowest BCUT2D eigenvalue weighted by Gasteiger charge is -2.32. The zero-order valence-corrected chi connectivity index (χ0v) is 12.2. The highest BCUT2D eigenvalue weighted by Crippen LogP contribution is 2.21. The SMILES string of the molecule is CC(N)CC(=O)N(C)CCN(C)C1CCCCC1. The molecule has 0 saturated heterocycles. The molecule has 1 fully saturated rings. The van der Waals surface area contributed by atoms with Crippen LogP contribution >= 0.6 is 0 Å². The van der Waals surface area contributed by atoms with Gasteiger partial charge in [-0.1, -0.05) is 19.3 Å². The lowest BCUT2D eigenvalue weighted by Crippen LogP contribution is -2.41. The van der Waals surface area contributed by atoms with E-state index in [0.717, 1.165) is 19.1 Å². The van der Waals surface area contributed by atoms with Crippen molar-refractivity contribution in [3.05, 3.63) is 0 Å². The highest BCUT2D eigenvalue weighted by molar-refractivity contribution is 5.76. The second-order valence-corrected chi connectivity index (χ2v) is 5.77. The molecule has 0 spiro atoms. The quantitative estimate of drug-likeness (QED) is 0.781. The third-order valence-electron chi connectivity index (χ3n) is 3.91. The third-order valence-corrected chi connectivity index (χ3v) is 3.91. The first-order valence-electron chi connectivity index (χ1n) is 7.20. The van der Waals surface area contributed by atoms with E-state index in [0.29, 0.717) is 6.42 Å². The monoisotopic (exact) mass is 255 g/mol. The van der Waals surface area contributed by atoms with Crippen LogP contribution in [-0.2, 0) is 4.79 Å². The Labute approximate surface area is 111 Å². The molecule has 4 nitrogen and oxygen atoms in total. The fourth-order valence-electron chi connectivity index (χ4n) is 2.57. The van der Waals surface area contributed by atoms with Gasteiger partial charge in [-0.05, 0) is 26.8 Å². The molecule has 0 aromatic rings. The van der Waals surface area contributed by atoms with Gasteiger partial charge in [0.05, 0.1) is 0 Å². The zero-order chi connectivity index (χ0) is 13.5. The van der Waals surface area contributed by atoms with E-state index in [4.69, 9.17) is 5.73 Å². The van der Waals surface area contributed by atoms with Crippen molar-refractivity contribution in [2.45, 2.75) is 57.5 Å². The van der Waals surface area contributed by atoms with Crippen LogP contribution in [0.5, 0.6) is 0 Å². The molecule has 1 rings (SSSR count). The molecule has 18 heavy (non-hydrogen) atoms. The van der Waals surface area contributed by atoms with Crippen molar-refractivity contribution in [2.75, 3.05) is 27.2 Å². The molecule has 106 valence electrons. The summed E-state index contributed by atoms with van der Waals surface area (Å²) >= 11 is 0. The first-order chi connectivity index (χ1) is 8.50. The van der Waals surface area contributed by atoms with Crippen molar-refractivity contribution >= 4 is 5.91 Å². The van der Waals surface area contributed by atoms with Crippen molar-refractivity contribution < 1.29 is 4.79 Å². The number of likely N-dealkylation sites (N-methyl/N-ethyl adjacent to an activating group) is 2. The van der Waals surface area contributed by atoms with Crippen LogP contribution in [0.3, 0.4) is 0 Å². The molecule has 1 amide bonds. The number of amides is 1. The van der Waals surface area contributed by atoms with Gasteiger partial charge in [-0.15, -0.1) is 0 Å². The molecule has 1 aliphatic rings. The smallest absolute Gasteiger partial charge is 0.223 e. The minimum Gasteiger partial charge on any atom is -0.344 e. The van der Waals surface area contributed by atoms with E-state index < -0.39 is 0 Å². The Bertz CT molecular complexity index is 249. The van der Waals surface area contributed by atoms with Crippen molar-refractivity contribution in [1.82, 2.24) is 9.80 Å². The molecule has 1 saturated carbocycles. The van der Waals surface area contributed by atoms with Gasteiger partial charge in [-0.25, -0.2) is 0 Å². The fraction of sp³-hybridized carbons (Fsp3) is 0.929. The number of nitrogens with zero attached hydrogens (tertiary/aromatic N) is 2. The van der Waals surface area contributed by atoms with Crippen LogP contribution in [0.2, 0.25) is 0 Å². The van der Waals surface area contributed by atoms with Crippen molar-refractivity contribution in [1.29, 1.82) is 0 Å². The molecule has 0 aliphatic heterocycles. The van der Waals surface area contributed by atoms with Gasteiger partial charge in [-0.3, -0.25) is 4.79 Å². The second kappa shape index (κ2) is 7.74. The summed E-state index contributed by atoms with van der Waals surface area (Å²) in [6.07, 6.45) is 7.17. The highest BCUT2D eigenvalue weighted by atomic mass is 16.2. The zero-order valence-electron chi connectivity index (χ0n) is 12.2. The molecular formula is C14H29N3O. The first-order valence-corrected chi connectivity index (χ1v) is 7.20. The Morgan fingerprint density at radius 3 is 2.39 bits per heavy atom. The normalized spacial score (nSPS) is 18.9. The Morgan fingerprint density at radius 1 is 1.22 bits per heavy atom. The summed E-state index contributed by atoms with van der Waals surface area (Å²) < 4.78 is 0. The van der Waals surface area contributed by atoms with E-state index in [2.05, 4.69) is 11.9 Å². The van der Waals surface area contributed by atoms with Crippen LogP contribution in [-0.4, -0.2) is 55.0 Å². The molecule has 0 aromatic carbocycles. The Kier molecular flexibility index (Phi) is 6.65. The van der Waals surface area contributed by atoms with Gasteiger partial charge in [0.1, 0.15) is 0 Å². The average molecular weight is 255 g/mol. The molecule has 1 atom stereocenters. The summed E-state index contributed by atoms with van der Waals surface area (Å²) in [7, 11) is 4.05. The van der Waals surface area contributed by atoms with Crippen LogP contribution in [0.1, 0.15) is 45.4 Å². The fourth-order valence-corrected chi connectivity index (χ4v) is 2.57. The average Bonchev–Trinajstić information content (AvgIpc) is 2.35. The topological polar surface area (TPSA) is 49.6 Å². The Hall–Kier alpha value is -0.610. The van der Waals surface area contributed by atoms with E-state index in [1.54, 1.807) is 0 Å². The summed E-state index contributed by atoms with van der Waals surface area (Å²) in [5, 5.41) is 0. The summed E-state index contributed by atoms with van der Waals surface area (Å²) in [5.41, 5.74) is 5.65. The first kappa shape index (κ1) is 15.4. The lowest BCUT2D eigenvalue weighted by atomic mass is 9.94. The van der Waals surface area contributed by atoms with Gasteiger partial charge < -0.3 is 15.5 Å². The van der Waals surface area contributed by atoms with Gasteiger partial charge in [0.15, 0.2) is 0 Å². The third kappa shape index (κ3) is 5.36. The van der Waals surface area contributed by atoms with E-state index in [9.17, 15) is 4.79 Å². The molecule has 0 aromatic heterocycles. The van der Waals surface area contributed by atoms with Gasteiger partial charge in [0.25, 0.3) is 0 Å². The van der Waals surface area contributed by atoms with Crippen molar-refractivity contribution in [3.8, 4) is 0 Å². The number of nitrogens with two attached hydrogens (primary N) is 1. The number of hydrogen-bond donors (Lipinski definition) is 1. The number of carbonyl (C=O) groups excluding carboxylic acids is 1. The standard InChI is InChI=1S/C14H29N3O/c1-12(15)11-14(18)17(3)10-9-16(2)13-7-5-4-6-8-13/h12-13H,4-11,15H2,1-3H3. The van der Waals surface area contributed by atoms with Crippen molar-refractivity contribution in [3.63, 3.8) is 0 Å². The summed E-state index contributed by atoms with van der Waals surface area (Å²) in [4.78, 5) is 16.0. The number of rotatable bonds is 6. The van der Waals surface area contributed by atoms with Gasteiger partial charge in [-0.2, -0.15) is 0 Å². The Balaban J connectivity index is 2.24. The van der Waals surface area contributed by atoms with Crippen LogP contribution in [0.4, 0.5) is 0 Å². The maximum absolute atomic E-state index is 11.8. The summed E-state index contributed by atoms with van der Waals surface area (Å²) in [6, 6.07) is 0.673. The molecule has 1 aliphatic carbocycles. The number of hydrogen-bond acceptors (Lipinski definition) is 3. The predicted molar refractivity (Wildman–Crippen MR) is 75.4 cm³/mol. The minimum atomic E-state index is -0.0453. The maximum Gasteiger partial charge on any atom is 0.223 e. The summed E-state index contributed by atoms with van der Waals surface area (Å²) in [5.74, 6) is 0.155. The van der Waals surface area contributed by atoms with E-state index >= 15 is 0 Å². The molecule has 4 heteroatoms. The van der Waals surface area contributed by atoms with Gasteiger partial charge in [0, 0.05) is 38.6 Å². The molecular weight excluding hydrogens is 226 g/mol. The Morgan fingerprint density at radius 2 is 1.83 bits per heavy atom. The van der Waals surface area contributed by atoms with Gasteiger partial charge >= 0.3 is 0 Å². The largest absolute Gasteiger partial charge is 0.344 e. The molecule has 0 bridgehead atoms. The lowest BCUT2D eigenvalue weighted by molar-refractivity contribution is -0.130. The maximum atomic E-state index is 11.8. The van der Waals surface area contributed by atoms with E-state index in [1.807, 2.05) is 18.9 Å². The highest BCUT2D eigenvalue weighted by Gasteiger charge is 2.18. The molecule has 1 unspecified atom stereocenters. The number of carbonyl (C=O) groups is 1. The van der Waals surface area contributed by atoms with E-state index in [-0.39, 0.29) is 11.9 Å². The van der Waals surface area contributed by atoms with Crippen LogP contribution < -0.4 is 5.73 Å². The predicted octanol–water partition coefficient (Wildman–Crippen LogP) is 1.45. The van der Waals surface area contributed by atoms with Gasteiger partial charge in [0.2, 0.25) is 5.91 Å². The van der Waals surface area contributed by atoms with Crippen LogP contribution in [0, 0.1) is 0 Å². The second-order valence-electron chi connectivity index (χ2n) is 5.77. The van der Waals surface area contributed by atoms with Crippen molar-refractivity contribution in [2.24, 2.45) is 5.73 Å². The molecule has 0 heterocycles. The molecule has 2 N–H and O–H groups in total.